The van der Waals surface area contributed by atoms with Crippen molar-refractivity contribution >= 4 is 5.71 Å². The van der Waals surface area contributed by atoms with Crippen LogP contribution < -0.4 is 0 Å². The van der Waals surface area contributed by atoms with Crippen molar-refractivity contribution in [2.75, 3.05) is 0 Å². The summed E-state index contributed by atoms with van der Waals surface area (Å²) in [6, 6.07) is 10.1. The second-order valence-electron chi connectivity index (χ2n) is 5.47. The normalized spacial score (nSPS) is 32.7. The first-order chi connectivity index (χ1) is 8.38. The first-order valence-corrected chi connectivity index (χ1v) is 6.66. The van der Waals surface area contributed by atoms with E-state index in [1.165, 1.54) is 32.1 Å². The van der Waals surface area contributed by atoms with Gasteiger partial charge in [-0.15, -0.1) is 0 Å². The van der Waals surface area contributed by atoms with Crippen LogP contribution in [0.1, 0.15) is 37.7 Å². The van der Waals surface area contributed by atoms with E-state index in [0.29, 0.717) is 5.92 Å². The summed E-state index contributed by atoms with van der Waals surface area (Å²) in [6.45, 7) is 0. The Bertz CT molecular complexity index is 404. The minimum atomic E-state index is 0.481. The van der Waals surface area contributed by atoms with Crippen LogP contribution in [0.15, 0.2) is 35.5 Å². The van der Waals surface area contributed by atoms with Gasteiger partial charge in [-0.1, -0.05) is 48.3 Å². The van der Waals surface area contributed by atoms with Gasteiger partial charge >= 0.3 is 0 Å². The highest BCUT2D eigenvalue weighted by Gasteiger charge is 2.38. The Morgan fingerprint density at radius 2 is 1.76 bits per heavy atom. The summed E-state index contributed by atoms with van der Waals surface area (Å²) >= 11 is 0. The van der Waals surface area contributed by atoms with Gasteiger partial charge in [0.15, 0.2) is 0 Å². The molecule has 1 aromatic carbocycles. The quantitative estimate of drug-likeness (QED) is 0.468. The maximum Gasteiger partial charge on any atom is 0.0901 e. The van der Waals surface area contributed by atoms with Crippen LogP contribution >= 0.6 is 0 Å². The Kier molecular flexibility index (Phi) is 2.87. The molecule has 0 spiro atoms. The summed E-state index contributed by atoms with van der Waals surface area (Å²) in [5.74, 6) is 2.09. The molecule has 1 atom stereocenters. The fourth-order valence-electron chi connectivity index (χ4n) is 3.67. The lowest BCUT2D eigenvalue weighted by molar-refractivity contribution is 0.136. The Hall–Kier alpha value is -1.31. The van der Waals surface area contributed by atoms with Crippen molar-refractivity contribution < 1.29 is 5.21 Å². The summed E-state index contributed by atoms with van der Waals surface area (Å²) in [5, 5.41) is 13.0. The van der Waals surface area contributed by atoms with Crippen LogP contribution in [0.2, 0.25) is 0 Å². The van der Waals surface area contributed by atoms with E-state index in [4.69, 9.17) is 0 Å². The molecule has 3 saturated carbocycles. The second-order valence-corrected chi connectivity index (χ2v) is 5.47. The third-order valence-electron chi connectivity index (χ3n) is 4.58. The molecule has 1 aromatic rings. The SMILES string of the molecule is O/N=C(/c1ccccc1)[C@@H]1CC2CCC1CC2. The van der Waals surface area contributed by atoms with Gasteiger partial charge in [0.25, 0.3) is 0 Å². The molecule has 0 amide bonds. The standard InChI is InChI=1S/C15H19NO/c17-16-15(13-4-2-1-3-5-13)14-10-11-6-8-12(14)9-7-11/h1-5,11-12,14,17H,6-10H2/b16-15-/t11?,12?,14-/m1/s1. The fourth-order valence-corrected chi connectivity index (χ4v) is 3.67. The topological polar surface area (TPSA) is 32.6 Å². The molecule has 0 saturated heterocycles. The zero-order chi connectivity index (χ0) is 11.7. The van der Waals surface area contributed by atoms with Gasteiger partial charge in [-0.25, -0.2) is 0 Å². The molecule has 2 heteroatoms. The highest BCUT2D eigenvalue weighted by atomic mass is 16.4. The van der Waals surface area contributed by atoms with E-state index in [9.17, 15) is 5.21 Å². The molecule has 0 unspecified atom stereocenters. The summed E-state index contributed by atoms with van der Waals surface area (Å²) in [5.41, 5.74) is 2.01. The van der Waals surface area contributed by atoms with Crippen molar-refractivity contribution in [3.8, 4) is 0 Å². The third-order valence-corrected chi connectivity index (χ3v) is 4.58. The maximum atomic E-state index is 9.35. The average molecular weight is 229 g/mol. The summed E-state index contributed by atoms with van der Waals surface area (Å²) in [7, 11) is 0. The van der Waals surface area contributed by atoms with Crippen LogP contribution in [0.5, 0.6) is 0 Å². The zero-order valence-corrected chi connectivity index (χ0v) is 10.0. The van der Waals surface area contributed by atoms with Gasteiger partial charge < -0.3 is 5.21 Å². The van der Waals surface area contributed by atoms with Crippen LogP contribution in [-0.2, 0) is 0 Å². The van der Waals surface area contributed by atoms with E-state index < -0.39 is 0 Å². The van der Waals surface area contributed by atoms with Gasteiger partial charge in [0, 0.05) is 5.92 Å². The molecule has 0 aromatic heterocycles. The molecule has 0 radical (unpaired) electrons. The van der Waals surface area contributed by atoms with Crippen molar-refractivity contribution in [3.05, 3.63) is 35.9 Å². The van der Waals surface area contributed by atoms with E-state index in [1.807, 2.05) is 18.2 Å². The van der Waals surface area contributed by atoms with Gasteiger partial charge in [0.05, 0.1) is 5.71 Å². The second kappa shape index (κ2) is 4.52. The largest absolute Gasteiger partial charge is 0.411 e. The molecule has 3 aliphatic rings. The molecule has 90 valence electrons. The minimum absolute atomic E-state index is 0.481. The lowest BCUT2D eigenvalue weighted by Gasteiger charge is -2.42. The molecule has 17 heavy (non-hydrogen) atoms. The van der Waals surface area contributed by atoms with E-state index >= 15 is 0 Å². The average Bonchev–Trinajstić information content (AvgIpc) is 2.42. The molecule has 1 N–H and O–H groups in total. The van der Waals surface area contributed by atoms with Crippen LogP contribution in [0.25, 0.3) is 0 Å². The highest BCUT2D eigenvalue weighted by Crippen LogP contribution is 2.46. The minimum Gasteiger partial charge on any atom is -0.411 e. The van der Waals surface area contributed by atoms with Crippen molar-refractivity contribution in [3.63, 3.8) is 0 Å². The van der Waals surface area contributed by atoms with Gasteiger partial charge in [0.1, 0.15) is 0 Å². The third kappa shape index (κ3) is 1.97. The molecule has 0 aliphatic heterocycles. The van der Waals surface area contributed by atoms with Crippen molar-refractivity contribution in [2.24, 2.45) is 22.9 Å². The summed E-state index contributed by atoms with van der Waals surface area (Å²) in [6.07, 6.45) is 6.63. The highest BCUT2D eigenvalue weighted by molar-refractivity contribution is 6.02. The Morgan fingerprint density at radius 3 is 2.29 bits per heavy atom. The first kappa shape index (κ1) is 10.8. The lowest BCUT2D eigenvalue weighted by atomic mass is 9.62. The lowest BCUT2D eigenvalue weighted by Crippen LogP contribution is -2.36. The van der Waals surface area contributed by atoms with Crippen molar-refractivity contribution in [1.82, 2.24) is 0 Å². The number of hydrogen-bond donors (Lipinski definition) is 1. The maximum absolute atomic E-state index is 9.35. The number of oxime groups is 1. The predicted octanol–water partition coefficient (Wildman–Crippen LogP) is 3.69. The van der Waals surface area contributed by atoms with Gasteiger partial charge in [-0.05, 0) is 36.7 Å². The van der Waals surface area contributed by atoms with E-state index in [1.54, 1.807) is 0 Å². The van der Waals surface area contributed by atoms with Crippen LogP contribution in [-0.4, -0.2) is 10.9 Å². The van der Waals surface area contributed by atoms with Gasteiger partial charge in [-0.3, -0.25) is 0 Å². The van der Waals surface area contributed by atoms with Crippen LogP contribution in [0.3, 0.4) is 0 Å². The van der Waals surface area contributed by atoms with Crippen molar-refractivity contribution in [1.29, 1.82) is 0 Å². The molecular weight excluding hydrogens is 210 g/mol. The number of nitrogens with zero attached hydrogens (tertiary/aromatic N) is 1. The first-order valence-electron chi connectivity index (χ1n) is 6.66. The Balaban J connectivity index is 1.87. The molecule has 2 bridgehead atoms. The number of rotatable bonds is 2. The number of fused-ring (bicyclic) bond motifs is 3. The van der Waals surface area contributed by atoms with E-state index in [0.717, 1.165) is 23.1 Å². The van der Waals surface area contributed by atoms with Gasteiger partial charge in [-0.2, -0.15) is 0 Å². The predicted molar refractivity (Wildman–Crippen MR) is 68.3 cm³/mol. The Labute approximate surface area is 102 Å². The zero-order valence-electron chi connectivity index (χ0n) is 10.0. The van der Waals surface area contributed by atoms with E-state index in [-0.39, 0.29) is 0 Å². The van der Waals surface area contributed by atoms with Crippen LogP contribution in [0, 0.1) is 17.8 Å². The summed E-state index contributed by atoms with van der Waals surface area (Å²) < 4.78 is 0. The molecule has 0 heterocycles. The van der Waals surface area contributed by atoms with E-state index in [2.05, 4.69) is 17.3 Å². The Morgan fingerprint density at radius 1 is 1.06 bits per heavy atom. The van der Waals surface area contributed by atoms with Crippen LogP contribution in [0.4, 0.5) is 0 Å². The molecular formula is C15H19NO. The molecule has 2 nitrogen and oxygen atoms in total. The number of benzene rings is 1. The monoisotopic (exact) mass is 229 g/mol. The molecule has 3 fully saturated rings. The number of hydrogen-bond acceptors (Lipinski definition) is 2. The van der Waals surface area contributed by atoms with Crippen molar-refractivity contribution in [2.45, 2.75) is 32.1 Å². The summed E-state index contributed by atoms with van der Waals surface area (Å²) in [4.78, 5) is 0. The van der Waals surface area contributed by atoms with Gasteiger partial charge in [0.2, 0.25) is 0 Å². The molecule has 3 aliphatic carbocycles. The smallest absolute Gasteiger partial charge is 0.0901 e. The fraction of sp³-hybridized carbons (Fsp3) is 0.533. The molecule has 4 rings (SSSR count).